The van der Waals surface area contributed by atoms with Crippen LogP contribution in [0.5, 0.6) is 0 Å². The van der Waals surface area contributed by atoms with Crippen molar-refractivity contribution in [3.63, 3.8) is 0 Å². The number of nitrogens with one attached hydrogen (secondary N) is 2. The first-order valence-electron chi connectivity index (χ1n) is 8.64. The van der Waals surface area contributed by atoms with Crippen LogP contribution in [0, 0.1) is 0 Å². The lowest BCUT2D eigenvalue weighted by Crippen LogP contribution is -2.31. The summed E-state index contributed by atoms with van der Waals surface area (Å²) in [6.45, 7) is 10.8. The second kappa shape index (κ2) is 10.5. The number of carbonyl (C=O) groups is 1. The van der Waals surface area contributed by atoms with Gasteiger partial charge in [-0.25, -0.2) is 13.1 Å². The molecule has 26 heavy (non-hydrogen) atoms. The third-order valence-corrected chi connectivity index (χ3v) is 6.21. The van der Waals surface area contributed by atoms with Gasteiger partial charge in [-0.1, -0.05) is 37.0 Å². The van der Waals surface area contributed by atoms with Crippen LogP contribution >= 0.6 is 23.2 Å². The Morgan fingerprint density at radius 2 is 1.77 bits per heavy atom. The molecule has 0 aliphatic carbocycles. The fourth-order valence-electron chi connectivity index (χ4n) is 2.42. The molecule has 1 amide bonds. The number of benzene rings is 1. The Balaban J connectivity index is 2.89. The zero-order valence-corrected chi connectivity index (χ0v) is 17.9. The standard InChI is InChI=1S/C17H27Cl2N3O3S/c1-5-22(6-2)9-7-8-20-17(23)13-10-16(15(19)11-14(13)18)26(24,25)21-12(3)4/h10-12,21H,5-9H2,1-4H3,(H,20,23). The minimum absolute atomic E-state index is 0.0266. The molecule has 1 aromatic rings. The third-order valence-electron chi connectivity index (χ3n) is 3.78. The van der Waals surface area contributed by atoms with Crippen molar-refractivity contribution in [1.82, 2.24) is 14.9 Å². The molecule has 0 bridgehead atoms. The van der Waals surface area contributed by atoms with Crippen molar-refractivity contribution in [3.8, 4) is 0 Å². The molecule has 0 atom stereocenters. The van der Waals surface area contributed by atoms with E-state index in [-0.39, 0.29) is 26.5 Å². The van der Waals surface area contributed by atoms with Crippen LogP contribution in [0.3, 0.4) is 0 Å². The summed E-state index contributed by atoms with van der Waals surface area (Å²) >= 11 is 12.1. The predicted octanol–water partition coefficient (Wildman–Crippen LogP) is 3.14. The number of halogens is 2. The molecule has 1 aromatic carbocycles. The summed E-state index contributed by atoms with van der Waals surface area (Å²) in [4.78, 5) is 14.5. The van der Waals surface area contributed by atoms with Gasteiger partial charge in [0.15, 0.2) is 0 Å². The molecule has 0 fully saturated rings. The van der Waals surface area contributed by atoms with Gasteiger partial charge < -0.3 is 10.2 Å². The maximum Gasteiger partial charge on any atom is 0.252 e. The van der Waals surface area contributed by atoms with Crippen LogP contribution in [-0.4, -0.2) is 51.4 Å². The van der Waals surface area contributed by atoms with Crippen LogP contribution in [0.15, 0.2) is 17.0 Å². The van der Waals surface area contributed by atoms with Crippen molar-refractivity contribution < 1.29 is 13.2 Å². The lowest BCUT2D eigenvalue weighted by Gasteiger charge is -2.18. The van der Waals surface area contributed by atoms with Gasteiger partial charge >= 0.3 is 0 Å². The quantitative estimate of drug-likeness (QED) is 0.566. The van der Waals surface area contributed by atoms with E-state index in [2.05, 4.69) is 28.8 Å². The SMILES string of the molecule is CCN(CC)CCCNC(=O)c1cc(S(=O)(=O)NC(C)C)c(Cl)cc1Cl. The Morgan fingerprint density at radius 1 is 1.15 bits per heavy atom. The zero-order valence-electron chi connectivity index (χ0n) is 15.6. The molecule has 0 unspecified atom stereocenters. The van der Waals surface area contributed by atoms with E-state index in [9.17, 15) is 13.2 Å². The Hall–Kier alpha value is -0.860. The maximum atomic E-state index is 12.4. The highest BCUT2D eigenvalue weighted by atomic mass is 35.5. The molecule has 9 heteroatoms. The van der Waals surface area contributed by atoms with Crippen LogP contribution in [0.2, 0.25) is 10.0 Å². The zero-order chi connectivity index (χ0) is 19.9. The number of rotatable bonds is 10. The van der Waals surface area contributed by atoms with E-state index in [0.29, 0.717) is 6.54 Å². The molecule has 6 nitrogen and oxygen atoms in total. The highest BCUT2D eigenvalue weighted by Gasteiger charge is 2.23. The van der Waals surface area contributed by atoms with Gasteiger partial charge in [0.1, 0.15) is 4.90 Å². The van der Waals surface area contributed by atoms with E-state index in [1.54, 1.807) is 13.8 Å². The second-order valence-corrected chi connectivity index (χ2v) is 8.67. The smallest absolute Gasteiger partial charge is 0.252 e. The first kappa shape index (κ1) is 23.2. The maximum absolute atomic E-state index is 12.4. The minimum Gasteiger partial charge on any atom is -0.352 e. The fourth-order valence-corrected chi connectivity index (χ4v) is 4.53. The number of carbonyl (C=O) groups excluding carboxylic acids is 1. The lowest BCUT2D eigenvalue weighted by atomic mass is 10.2. The van der Waals surface area contributed by atoms with Gasteiger partial charge in [-0.15, -0.1) is 0 Å². The predicted molar refractivity (Wildman–Crippen MR) is 107 cm³/mol. The molecule has 0 spiro atoms. The molecule has 0 radical (unpaired) electrons. The number of hydrogen-bond donors (Lipinski definition) is 2. The first-order valence-corrected chi connectivity index (χ1v) is 10.9. The molecule has 1 rings (SSSR count). The van der Waals surface area contributed by atoms with Crippen molar-refractivity contribution in [2.75, 3.05) is 26.2 Å². The summed E-state index contributed by atoms with van der Waals surface area (Å²) in [6.07, 6.45) is 0.790. The van der Waals surface area contributed by atoms with Crippen LogP contribution in [-0.2, 0) is 10.0 Å². The largest absolute Gasteiger partial charge is 0.352 e. The average molecular weight is 424 g/mol. The topological polar surface area (TPSA) is 78.5 Å². The Morgan fingerprint density at radius 3 is 2.31 bits per heavy atom. The molecule has 0 aromatic heterocycles. The van der Waals surface area contributed by atoms with Gasteiger partial charge in [0.25, 0.3) is 5.91 Å². The molecule has 0 aliphatic heterocycles. The van der Waals surface area contributed by atoms with Crippen LogP contribution in [0.1, 0.15) is 44.5 Å². The van der Waals surface area contributed by atoms with Gasteiger partial charge in [0.05, 0.1) is 15.6 Å². The second-order valence-electron chi connectivity index (χ2n) is 6.17. The summed E-state index contributed by atoms with van der Waals surface area (Å²) in [6, 6.07) is 2.20. The minimum atomic E-state index is -3.83. The number of nitrogens with zero attached hydrogens (tertiary/aromatic N) is 1. The highest BCUT2D eigenvalue weighted by Crippen LogP contribution is 2.28. The molecule has 148 valence electrons. The molecule has 0 saturated carbocycles. The van der Waals surface area contributed by atoms with Crippen molar-refractivity contribution >= 4 is 39.1 Å². The van der Waals surface area contributed by atoms with Crippen molar-refractivity contribution in [2.45, 2.75) is 45.1 Å². The van der Waals surface area contributed by atoms with Crippen molar-refractivity contribution in [3.05, 3.63) is 27.7 Å². The lowest BCUT2D eigenvalue weighted by molar-refractivity contribution is 0.0952. The normalized spacial score (nSPS) is 12.0. The van der Waals surface area contributed by atoms with Crippen LogP contribution in [0.25, 0.3) is 0 Å². The molecular formula is C17H27Cl2N3O3S. The van der Waals surface area contributed by atoms with E-state index in [4.69, 9.17) is 23.2 Å². The first-order chi connectivity index (χ1) is 12.1. The van der Waals surface area contributed by atoms with Crippen LogP contribution in [0.4, 0.5) is 0 Å². The van der Waals surface area contributed by atoms with E-state index < -0.39 is 15.9 Å². The van der Waals surface area contributed by atoms with E-state index in [1.807, 2.05) is 0 Å². The molecule has 2 N–H and O–H groups in total. The van der Waals surface area contributed by atoms with Gasteiger partial charge in [0.2, 0.25) is 10.0 Å². The number of hydrogen-bond acceptors (Lipinski definition) is 4. The Bertz CT molecular complexity index is 720. The Kier molecular flexibility index (Phi) is 9.33. The summed E-state index contributed by atoms with van der Waals surface area (Å²) < 4.78 is 27.2. The van der Waals surface area contributed by atoms with E-state index in [0.717, 1.165) is 26.1 Å². The molecule has 0 saturated heterocycles. The fraction of sp³-hybridized carbons (Fsp3) is 0.588. The number of sulfonamides is 1. The number of amides is 1. The van der Waals surface area contributed by atoms with Crippen molar-refractivity contribution in [1.29, 1.82) is 0 Å². The summed E-state index contributed by atoms with van der Waals surface area (Å²) in [7, 11) is -3.83. The molecular weight excluding hydrogens is 397 g/mol. The van der Waals surface area contributed by atoms with Crippen molar-refractivity contribution in [2.24, 2.45) is 0 Å². The Labute approximate surface area is 166 Å². The summed E-state index contributed by atoms with van der Waals surface area (Å²) in [5.41, 5.74) is 0.0861. The molecule has 0 heterocycles. The van der Waals surface area contributed by atoms with Gasteiger partial charge in [-0.05, 0) is 52.0 Å². The van der Waals surface area contributed by atoms with E-state index in [1.165, 1.54) is 12.1 Å². The van der Waals surface area contributed by atoms with Crippen LogP contribution < -0.4 is 10.0 Å². The van der Waals surface area contributed by atoms with Gasteiger partial charge in [-0.3, -0.25) is 4.79 Å². The van der Waals surface area contributed by atoms with Gasteiger partial charge in [-0.2, -0.15) is 0 Å². The monoisotopic (exact) mass is 423 g/mol. The van der Waals surface area contributed by atoms with Gasteiger partial charge in [0, 0.05) is 12.6 Å². The summed E-state index contributed by atoms with van der Waals surface area (Å²) in [5, 5.41) is 2.86. The van der Waals surface area contributed by atoms with E-state index >= 15 is 0 Å². The molecule has 0 aliphatic rings. The average Bonchev–Trinajstić information content (AvgIpc) is 2.53. The third kappa shape index (κ3) is 6.70. The highest BCUT2D eigenvalue weighted by molar-refractivity contribution is 7.89. The summed E-state index contributed by atoms with van der Waals surface area (Å²) in [5.74, 6) is -0.424.